The van der Waals surface area contributed by atoms with E-state index in [1.807, 2.05) is 57.3 Å². The summed E-state index contributed by atoms with van der Waals surface area (Å²) < 4.78 is 36.6. The Kier molecular flexibility index (Phi) is 19.0. The van der Waals surface area contributed by atoms with Gasteiger partial charge in [-0.15, -0.1) is 0 Å². The molecule has 4 heterocycles. The third kappa shape index (κ3) is 13.1. The number of nitrogens with two attached hydrogens (primary N) is 1. The van der Waals surface area contributed by atoms with Crippen molar-refractivity contribution < 1.29 is 23.0 Å². The smallest absolute Gasteiger partial charge is 0.324 e. The summed E-state index contributed by atoms with van der Waals surface area (Å²) in [7, 11) is 6.82. The summed E-state index contributed by atoms with van der Waals surface area (Å²) in [5.41, 5.74) is 15.2. The van der Waals surface area contributed by atoms with E-state index in [1.165, 1.54) is 35.5 Å². The van der Waals surface area contributed by atoms with Gasteiger partial charge in [-0.1, -0.05) is 27.0 Å². The molecule has 4 N–H and O–H groups in total. The Balaban J connectivity index is 0.000000256. The van der Waals surface area contributed by atoms with Gasteiger partial charge in [0.25, 0.3) is 0 Å². The molecule has 66 heavy (non-hydrogen) atoms. The molecule has 0 bridgehead atoms. The average Bonchev–Trinajstić information content (AvgIpc) is 3.31. The predicted octanol–water partition coefficient (Wildman–Crippen LogP) is 9.22. The van der Waals surface area contributed by atoms with Crippen molar-refractivity contribution in [3.05, 3.63) is 133 Å². The SMILES string of the molecule is C.C.CNCCOC.COCCN(C)C(=O)Nc1ncc(-c2ccc3ncnc(C)c3c2)c(-c2ccc(F)cc2)n1.Cc1ncnc2ccc(-c3cnc(N)nc3-c3ccc(F)cc3)cc12. The van der Waals surface area contributed by atoms with E-state index < -0.39 is 0 Å². The van der Waals surface area contributed by atoms with Gasteiger partial charge in [-0.05, 0) is 105 Å². The van der Waals surface area contributed by atoms with Crippen LogP contribution in [-0.4, -0.2) is 105 Å². The number of urea groups is 1. The van der Waals surface area contributed by atoms with Gasteiger partial charge in [0, 0.05) is 91.2 Å². The molecule has 344 valence electrons. The van der Waals surface area contributed by atoms with Crippen LogP contribution in [0, 0.1) is 25.5 Å². The van der Waals surface area contributed by atoms with Gasteiger partial charge < -0.3 is 25.4 Å². The Labute approximate surface area is 384 Å². The van der Waals surface area contributed by atoms with Crippen molar-refractivity contribution in [3.8, 4) is 44.8 Å². The highest BCUT2D eigenvalue weighted by Crippen LogP contribution is 2.34. The average molecular weight is 899 g/mol. The zero-order chi connectivity index (χ0) is 45.6. The maximum absolute atomic E-state index is 13.6. The minimum Gasteiger partial charge on any atom is -0.383 e. The lowest BCUT2D eigenvalue weighted by Gasteiger charge is -2.17. The van der Waals surface area contributed by atoms with Crippen LogP contribution < -0.4 is 16.4 Å². The van der Waals surface area contributed by atoms with Crippen molar-refractivity contribution in [1.82, 2.24) is 50.1 Å². The predicted molar refractivity (Wildman–Crippen MR) is 259 cm³/mol. The Morgan fingerprint density at radius 3 is 1.59 bits per heavy atom. The van der Waals surface area contributed by atoms with Crippen LogP contribution >= 0.6 is 0 Å². The Hall–Kier alpha value is -7.47. The molecule has 0 spiro atoms. The molecule has 8 rings (SSSR count). The normalized spacial score (nSPS) is 10.4. The highest BCUT2D eigenvalue weighted by atomic mass is 19.1. The second-order valence-corrected chi connectivity index (χ2v) is 14.3. The summed E-state index contributed by atoms with van der Waals surface area (Å²) in [6.45, 7) is 6.43. The van der Waals surface area contributed by atoms with Crippen molar-refractivity contribution in [1.29, 1.82) is 0 Å². The van der Waals surface area contributed by atoms with Gasteiger partial charge in [-0.2, -0.15) is 0 Å². The zero-order valence-electron chi connectivity index (χ0n) is 36.3. The van der Waals surface area contributed by atoms with Crippen LogP contribution in [0.5, 0.6) is 0 Å². The standard InChI is InChI=1S/C24H23FN6O2.C19H14FN5.C4H11NO.2CH4/c1-15-19-12-17(6-9-21(19)28-14-27-15)20-13-26-23(30-24(32)31(2)10-11-33-3)29-22(20)16-4-7-18(25)8-5-16;1-11-15-8-13(4-7-17(15)24-10-23-11)16-9-22-19(21)25-18(16)12-2-5-14(20)6-3-12;1-5-3-4-6-2;;/h4-9,12-14H,10-11H2,1-3H3,(H,26,29,30,32);2-10H,1H3,(H2,21,22,25);5H,3-4H2,1-2H3;2*1H4. The largest absolute Gasteiger partial charge is 0.383 e. The van der Waals surface area contributed by atoms with E-state index in [4.69, 9.17) is 15.2 Å². The Morgan fingerprint density at radius 2 is 1.12 bits per heavy atom. The molecule has 15 nitrogen and oxygen atoms in total. The fourth-order valence-electron chi connectivity index (χ4n) is 6.35. The van der Waals surface area contributed by atoms with Gasteiger partial charge in [-0.3, -0.25) is 5.32 Å². The fourth-order valence-corrected chi connectivity index (χ4v) is 6.35. The van der Waals surface area contributed by atoms with Gasteiger partial charge in [-0.25, -0.2) is 53.4 Å². The lowest BCUT2D eigenvalue weighted by atomic mass is 9.99. The second-order valence-electron chi connectivity index (χ2n) is 14.3. The second kappa shape index (κ2) is 24.6. The number of carbonyl (C=O) groups is 1. The summed E-state index contributed by atoms with van der Waals surface area (Å²) in [5.74, 6) is -0.331. The van der Waals surface area contributed by atoms with Gasteiger partial charge in [0.15, 0.2) is 0 Å². The Bertz CT molecular complexity index is 2830. The third-order valence-electron chi connectivity index (χ3n) is 9.88. The number of rotatable bonds is 11. The molecule has 0 radical (unpaired) electrons. The molecule has 0 aliphatic rings. The molecule has 0 fully saturated rings. The number of nitrogens with one attached hydrogen (secondary N) is 2. The van der Waals surface area contributed by atoms with E-state index >= 15 is 0 Å². The molecule has 8 aromatic rings. The first-order chi connectivity index (χ1) is 31.0. The van der Waals surface area contributed by atoms with Crippen molar-refractivity contribution >= 4 is 39.7 Å². The molecule has 0 saturated carbocycles. The number of amides is 2. The van der Waals surface area contributed by atoms with E-state index in [0.29, 0.717) is 30.1 Å². The lowest BCUT2D eigenvalue weighted by Crippen LogP contribution is -2.34. The number of methoxy groups -OCH3 is 2. The molecular formula is C49H56F2N12O3. The number of halogens is 2. The molecular weight excluding hydrogens is 843 g/mol. The summed E-state index contributed by atoms with van der Waals surface area (Å²) in [5, 5.41) is 7.52. The first-order valence-corrected chi connectivity index (χ1v) is 20.1. The maximum atomic E-state index is 13.6. The van der Waals surface area contributed by atoms with Crippen molar-refractivity contribution in [2.45, 2.75) is 28.7 Å². The van der Waals surface area contributed by atoms with Gasteiger partial charge in [0.05, 0.1) is 35.6 Å². The lowest BCUT2D eigenvalue weighted by molar-refractivity contribution is 0.165. The number of nitrogens with zero attached hydrogens (tertiary/aromatic N) is 9. The maximum Gasteiger partial charge on any atom is 0.324 e. The fraction of sp³-hybridized carbons (Fsp3) is 0.245. The zero-order valence-corrected chi connectivity index (χ0v) is 36.3. The number of carbonyl (C=O) groups excluding carboxylic acids is 1. The molecule has 0 unspecified atom stereocenters. The minimum absolute atomic E-state index is 0. The van der Waals surface area contributed by atoms with Crippen molar-refractivity contribution in [3.63, 3.8) is 0 Å². The highest BCUT2D eigenvalue weighted by molar-refractivity contribution is 5.92. The van der Waals surface area contributed by atoms with Gasteiger partial charge in [0.2, 0.25) is 11.9 Å². The molecule has 0 aliphatic carbocycles. The molecule has 17 heteroatoms. The first kappa shape index (κ1) is 51.2. The monoisotopic (exact) mass is 898 g/mol. The summed E-state index contributed by atoms with van der Waals surface area (Å²) >= 11 is 0. The van der Waals surface area contributed by atoms with Crippen LogP contribution in [0.25, 0.3) is 66.6 Å². The molecule has 0 atom stereocenters. The number of aromatic nitrogens is 8. The van der Waals surface area contributed by atoms with Crippen LogP contribution in [0.1, 0.15) is 26.2 Å². The number of nitrogen functional groups attached to an aromatic ring is 1. The summed E-state index contributed by atoms with van der Waals surface area (Å²) in [6, 6.07) is 23.5. The van der Waals surface area contributed by atoms with E-state index in [2.05, 4.69) is 50.5 Å². The van der Waals surface area contributed by atoms with Gasteiger partial charge >= 0.3 is 6.03 Å². The third-order valence-corrected chi connectivity index (χ3v) is 9.88. The number of benzene rings is 4. The van der Waals surface area contributed by atoms with Crippen LogP contribution in [-0.2, 0) is 9.47 Å². The quantitative estimate of drug-likeness (QED) is 0.104. The van der Waals surface area contributed by atoms with Crippen LogP contribution in [0.3, 0.4) is 0 Å². The van der Waals surface area contributed by atoms with E-state index in [1.54, 1.807) is 64.3 Å². The van der Waals surface area contributed by atoms with Crippen molar-refractivity contribution in [2.75, 3.05) is 65.7 Å². The summed E-state index contributed by atoms with van der Waals surface area (Å²) in [4.78, 5) is 48.5. The van der Waals surface area contributed by atoms with Crippen molar-refractivity contribution in [2.24, 2.45) is 0 Å². The van der Waals surface area contributed by atoms with Crippen LogP contribution in [0.2, 0.25) is 0 Å². The Morgan fingerprint density at radius 1 is 0.652 bits per heavy atom. The topological polar surface area (TPSA) is 192 Å². The number of hydrogen-bond donors (Lipinski definition) is 3. The van der Waals surface area contributed by atoms with E-state index in [0.717, 1.165) is 74.2 Å². The number of hydrogen-bond acceptors (Lipinski definition) is 13. The molecule has 4 aromatic heterocycles. The molecule has 4 aromatic carbocycles. The molecule has 0 saturated heterocycles. The molecule has 0 aliphatic heterocycles. The number of aryl methyl sites for hydroxylation is 2. The number of fused-ring (bicyclic) bond motifs is 2. The highest BCUT2D eigenvalue weighted by Gasteiger charge is 2.17. The van der Waals surface area contributed by atoms with E-state index in [-0.39, 0.29) is 44.4 Å². The number of ether oxygens (including phenoxy) is 2. The molecule has 2 amide bonds. The van der Waals surface area contributed by atoms with Crippen LogP contribution in [0.4, 0.5) is 25.5 Å². The van der Waals surface area contributed by atoms with E-state index in [9.17, 15) is 13.6 Å². The van der Waals surface area contributed by atoms with Crippen LogP contribution in [0.15, 0.2) is 110 Å². The summed E-state index contributed by atoms with van der Waals surface area (Å²) in [6.07, 6.45) is 6.41. The van der Waals surface area contributed by atoms with Gasteiger partial charge in [0.1, 0.15) is 24.3 Å². The minimum atomic E-state index is -0.358. The number of anilines is 2. The first-order valence-electron chi connectivity index (χ1n) is 20.1. The number of likely N-dealkylation sites (N-methyl/N-ethyl adjacent to an activating group) is 2.